The maximum absolute atomic E-state index is 13.0. The monoisotopic (exact) mass is 339 g/mol. The van der Waals surface area contributed by atoms with Crippen molar-refractivity contribution in [2.75, 3.05) is 19.7 Å². The summed E-state index contributed by atoms with van der Waals surface area (Å²) in [6.07, 6.45) is 2.82. The second kappa shape index (κ2) is 7.51. The van der Waals surface area contributed by atoms with E-state index in [1.807, 2.05) is 36.9 Å². The Morgan fingerprint density at radius 3 is 2.56 bits per heavy atom. The van der Waals surface area contributed by atoms with Gasteiger partial charge >= 0.3 is 0 Å². The fourth-order valence-electron chi connectivity index (χ4n) is 3.06. The third-order valence-corrected chi connectivity index (χ3v) is 4.43. The molecule has 0 unspecified atom stereocenters. The predicted octanol–water partition coefficient (Wildman–Crippen LogP) is 4.46. The molecule has 0 bridgehead atoms. The number of benzene rings is 2. The third kappa shape index (κ3) is 3.90. The summed E-state index contributed by atoms with van der Waals surface area (Å²) < 4.78 is 18.6. The SMILES string of the molecule is CCOc1ccc(C(=O)N2CC=C(c3ccc(F)cc3)CC2)cc1C. The second-order valence-electron chi connectivity index (χ2n) is 6.15. The molecule has 3 nitrogen and oxygen atoms in total. The average molecular weight is 339 g/mol. The van der Waals surface area contributed by atoms with Gasteiger partial charge in [0.05, 0.1) is 6.61 Å². The van der Waals surface area contributed by atoms with Gasteiger partial charge in [0.2, 0.25) is 0 Å². The Hall–Kier alpha value is -2.62. The summed E-state index contributed by atoms with van der Waals surface area (Å²) in [5.74, 6) is 0.611. The van der Waals surface area contributed by atoms with Gasteiger partial charge in [0.25, 0.3) is 5.91 Å². The Morgan fingerprint density at radius 1 is 1.20 bits per heavy atom. The summed E-state index contributed by atoms with van der Waals surface area (Å²) in [5.41, 5.74) is 3.82. The van der Waals surface area contributed by atoms with Crippen LogP contribution >= 0.6 is 0 Å². The lowest BCUT2D eigenvalue weighted by molar-refractivity contribution is 0.0772. The highest BCUT2D eigenvalue weighted by Crippen LogP contribution is 2.25. The van der Waals surface area contributed by atoms with Gasteiger partial charge in [0, 0.05) is 18.7 Å². The van der Waals surface area contributed by atoms with Crippen LogP contribution in [0.25, 0.3) is 5.57 Å². The molecule has 0 aromatic heterocycles. The Bertz CT molecular complexity index is 796. The van der Waals surface area contributed by atoms with Crippen LogP contribution in [-0.2, 0) is 0 Å². The summed E-state index contributed by atoms with van der Waals surface area (Å²) >= 11 is 0. The van der Waals surface area contributed by atoms with Gasteiger partial charge in [-0.3, -0.25) is 4.79 Å². The minimum absolute atomic E-state index is 0.0283. The van der Waals surface area contributed by atoms with Crippen molar-refractivity contribution in [1.29, 1.82) is 0 Å². The van der Waals surface area contributed by atoms with Gasteiger partial charge in [-0.1, -0.05) is 18.2 Å². The van der Waals surface area contributed by atoms with Crippen LogP contribution in [0.2, 0.25) is 0 Å². The van der Waals surface area contributed by atoms with Gasteiger partial charge in [0.1, 0.15) is 11.6 Å². The minimum Gasteiger partial charge on any atom is -0.494 e. The highest BCUT2D eigenvalue weighted by molar-refractivity contribution is 5.95. The second-order valence-corrected chi connectivity index (χ2v) is 6.15. The van der Waals surface area contributed by atoms with E-state index >= 15 is 0 Å². The normalized spacial score (nSPS) is 14.2. The molecule has 0 fully saturated rings. The maximum Gasteiger partial charge on any atom is 0.254 e. The van der Waals surface area contributed by atoms with Crippen molar-refractivity contribution in [3.05, 3.63) is 71.0 Å². The number of nitrogens with zero attached hydrogens (tertiary/aromatic N) is 1. The summed E-state index contributed by atoms with van der Waals surface area (Å²) in [6.45, 7) is 5.73. The van der Waals surface area contributed by atoms with Crippen molar-refractivity contribution in [3.63, 3.8) is 0 Å². The molecule has 0 atom stereocenters. The quantitative estimate of drug-likeness (QED) is 0.823. The van der Waals surface area contributed by atoms with Crippen molar-refractivity contribution >= 4 is 11.5 Å². The van der Waals surface area contributed by atoms with E-state index in [-0.39, 0.29) is 11.7 Å². The summed E-state index contributed by atoms with van der Waals surface area (Å²) in [6, 6.07) is 12.1. The number of carbonyl (C=O) groups excluding carboxylic acids is 1. The van der Waals surface area contributed by atoms with E-state index in [0.29, 0.717) is 25.3 Å². The predicted molar refractivity (Wildman–Crippen MR) is 97.2 cm³/mol. The number of hydrogen-bond donors (Lipinski definition) is 0. The molecule has 1 heterocycles. The Kier molecular flexibility index (Phi) is 5.17. The maximum atomic E-state index is 13.0. The minimum atomic E-state index is -0.233. The van der Waals surface area contributed by atoms with Gasteiger partial charge in [-0.25, -0.2) is 4.39 Å². The molecule has 0 radical (unpaired) electrons. The molecule has 1 aliphatic heterocycles. The molecule has 0 N–H and O–H groups in total. The molecule has 1 aliphatic rings. The summed E-state index contributed by atoms with van der Waals surface area (Å²) in [5, 5.41) is 0. The molecule has 2 aromatic rings. The molecule has 4 heteroatoms. The van der Waals surface area contributed by atoms with Crippen LogP contribution in [0, 0.1) is 12.7 Å². The fraction of sp³-hybridized carbons (Fsp3) is 0.286. The number of hydrogen-bond acceptors (Lipinski definition) is 2. The number of aryl methyl sites for hydroxylation is 1. The van der Waals surface area contributed by atoms with E-state index in [2.05, 4.69) is 6.08 Å². The third-order valence-electron chi connectivity index (χ3n) is 4.43. The highest BCUT2D eigenvalue weighted by atomic mass is 19.1. The van der Waals surface area contributed by atoms with E-state index in [1.54, 1.807) is 12.1 Å². The number of carbonyl (C=O) groups is 1. The zero-order chi connectivity index (χ0) is 17.8. The van der Waals surface area contributed by atoms with Crippen molar-refractivity contribution < 1.29 is 13.9 Å². The highest BCUT2D eigenvalue weighted by Gasteiger charge is 2.20. The molecule has 0 aliphatic carbocycles. The Balaban J connectivity index is 1.70. The first-order chi connectivity index (χ1) is 12.1. The van der Waals surface area contributed by atoms with Crippen LogP contribution in [0.5, 0.6) is 5.75 Å². The van der Waals surface area contributed by atoms with Crippen LogP contribution in [0.15, 0.2) is 48.5 Å². The largest absolute Gasteiger partial charge is 0.494 e. The fourth-order valence-corrected chi connectivity index (χ4v) is 3.06. The van der Waals surface area contributed by atoms with Gasteiger partial charge < -0.3 is 9.64 Å². The zero-order valence-electron chi connectivity index (χ0n) is 14.6. The lowest BCUT2D eigenvalue weighted by Crippen LogP contribution is -2.34. The molecule has 2 aromatic carbocycles. The van der Waals surface area contributed by atoms with Crippen molar-refractivity contribution in [2.24, 2.45) is 0 Å². The number of halogens is 1. The zero-order valence-corrected chi connectivity index (χ0v) is 14.6. The van der Waals surface area contributed by atoms with E-state index in [4.69, 9.17) is 4.74 Å². The molecule has 0 spiro atoms. The van der Waals surface area contributed by atoms with E-state index < -0.39 is 0 Å². The summed E-state index contributed by atoms with van der Waals surface area (Å²) in [7, 11) is 0. The van der Waals surface area contributed by atoms with Crippen LogP contribution < -0.4 is 4.74 Å². The van der Waals surface area contributed by atoms with Crippen LogP contribution in [0.3, 0.4) is 0 Å². The molecule has 130 valence electrons. The van der Waals surface area contributed by atoms with E-state index in [1.165, 1.54) is 12.1 Å². The van der Waals surface area contributed by atoms with Crippen LogP contribution in [0.4, 0.5) is 4.39 Å². The molecule has 25 heavy (non-hydrogen) atoms. The van der Waals surface area contributed by atoms with Crippen LogP contribution in [-0.4, -0.2) is 30.5 Å². The molecule has 0 saturated carbocycles. The Morgan fingerprint density at radius 2 is 1.96 bits per heavy atom. The number of ether oxygens (including phenoxy) is 1. The molecule has 1 amide bonds. The topological polar surface area (TPSA) is 29.5 Å². The van der Waals surface area contributed by atoms with Gasteiger partial charge in [0.15, 0.2) is 0 Å². The number of rotatable bonds is 4. The van der Waals surface area contributed by atoms with Gasteiger partial charge in [-0.05, 0) is 67.3 Å². The van der Waals surface area contributed by atoms with Gasteiger partial charge in [-0.2, -0.15) is 0 Å². The molecular weight excluding hydrogens is 317 g/mol. The van der Waals surface area contributed by atoms with Crippen molar-refractivity contribution in [2.45, 2.75) is 20.3 Å². The first-order valence-corrected chi connectivity index (χ1v) is 8.56. The van der Waals surface area contributed by atoms with Gasteiger partial charge in [-0.15, -0.1) is 0 Å². The average Bonchev–Trinajstić information content (AvgIpc) is 2.64. The first kappa shape index (κ1) is 17.2. The van der Waals surface area contributed by atoms with E-state index in [9.17, 15) is 9.18 Å². The lowest BCUT2D eigenvalue weighted by atomic mass is 9.99. The summed E-state index contributed by atoms with van der Waals surface area (Å²) in [4.78, 5) is 14.6. The smallest absolute Gasteiger partial charge is 0.254 e. The molecule has 0 saturated heterocycles. The number of amides is 1. The Labute approximate surface area is 147 Å². The molecule has 3 rings (SSSR count). The lowest BCUT2D eigenvalue weighted by Gasteiger charge is -2.27. The van der Waals surface area contributed by atoms with Crippen LogP contribution in [0.1, 0.15) is 34.8 Å². The molecular formula is C21H22FNO2. The first-order valence-electron chi connectivity index (χ1n) is 8.56. The van der Waals surface area contributed by atoms with E-state index in [0.717, 1.165) is 28.9 Å². The standard InChI is InChI=1S/C21H22FNO2/c1-3-25-20-9-6-18(14-15(20)2)21(24)23-12-10-17(11-13-23)16-4-7-19(22)8-5-16/h4-10,14H,3,11-13H2,1-2H3. The van der Waals surface area contributed by atoms with Crippen molar-refractivity contribution in [1.82, 2.24) is 4.90 Å². The van der Waals surface area contributed by atoms with Crippen molar-refractivity contribution in [3.8, 4) is 5.75 Å².